The van der Waals surface area contributed by atoms with Gasteiger partial charge in [-0.25, -0.2) is 9.80 Å². The lowest BCUT2D eigenvalue weighted by Gasteiger charge is -2.19. The first kappa shape index (κ1) is 15.5. The van der Waals surface area contributed by atoms with Crippen LogP contribution in [0.15, 0.2) is 23.3 Å². The molecule has 0 aliphatic carbocycles. The molecule has 2 amide bonds. The van der Waals surface area contributed by atoms with Crippen LogP contribution in [0.4, 0.5) is 5.69 Å². The lowest BCUT2D eigenvalue weighted by atomic mass is 10.1. The van der Waals surface area contributed by atoms with Crippen molar-refractivity contribution in [3.05, 3.63) is 23.8 Å². The normalized spacial score (nSPS) is 14.4. The number of anilines is 1. The topological polar surface area (TPSA) is 108 Å². The third kappa shape index (κ3) is 3.22. The highest BCUT2D eigenvalue weighted by molar-refractivity contribution is 6.43. The van der Waals surface area contributed by atoms with Crippen molar-refractivity contribution in [3.63, 3.8) is 0 Å². The van der Waals surface area contributed by atoms with Crippen molar-refractivity contribution in [1.29, 1.82) is 0 Å². The van der Waals surface area contributed by atoms with E-state index in [1.165, 1.54) is 32.4 Å². The van der Waals surface area contributed by atoms with E-state index in [1.54, 1.807) is 0 Å². The minimum Gasteiger partial charge on any atom is -0.495 e. The van der Waals surface area contributed by atoms with E-state index in [0.29, 0.717) is 5.69 Å². The molecule has 1 aliphatic rings. The van der Waals surface area contributed by atoms with Gasteiger partial charge in [-0.15, -0.1) is 0 Å². The molecule has 1 aromatic carbocycles. The molecule has 0 saturated heterocycles. The van der Waals surface area contributed by atoms with Gasteiger partial charge >= 0.3 is 5.97 Å². The molecule has 0 saturated carbocycles. The SMILES string of the molecule is COc1cc(C(=O)O)ccc1NC(=O)C1=NN(C)C(=O)CC1. The fraction of sp³-hybridized carbons (Fsp3) is 0.286. The van der Waals surface area contributed by atoms with Crippen LogP contribution in [0.3, 0.4) is 0 Å². The number of carbonyl (C=O) groups is 3. The van der Waals surface area contributed by atoms with E-state index < -0.39 is 11.9 Å². The number of nitrogens with one attached hydrogen (secondary N) is 1. The van der Waals surface area contributed by atoms with Crippen molar-refractivity contribution in [2.45, 2.75) is 12.8 Å². The maximum Gasteiger partial charge on any atom is 0.335 e. The number of nitrogens with zero attached hydrogens (tertiary/aromatic N) is 2. The van der Waals surface area contributed by atoms with Crippen LogP contribution in [0.25, 0.3) is 0 Å². The summed E-state index contributed by atoms with van der Waals surface area (Å²) in [5, 5.41) is 16.6. The van der Waals surface area contributed by atoms with Crippen LogP contribution in [0.2, 0.25) is 0 Å². The Morgan fingerprint density at radius 2 is 2.09 bits per heavy atom. The number of hydrogen-bond donors (Lipinski definition) is 2. The van der Waals surface area contributed by atoms with Gasteiger partial charge in [-0.05, 0) is 18.2 Å². The van der Waals surface area contributed by atoms with E-state index in [2.05, 4.69) is 10.4 Å². The van der Waals surface area contributed by atoms with E-state index in [9.17, 15) is 14.4 Å². The number of ether oxygens (including phenoxy) is 1. The molecule has 0 aromatic heterocycles. The zero-order valence-electron chi connectivity index (χ0n) is 12.1. The molecule has 2 rings (SSSR count). The fourth-order valence-electron chi connectivity index (χ4n) is 1.95. The van der Waals surface area contributed by atoms with Crippen LogP contribution >= 0.6 is 0 Å². The van der Waals surface area contributed by atoms with Crippen LogP contribution in [0.5, 0.6) is 5.75 Å². The van der Waals surface area contributed by atoms with Crippen LogP contribution in [0, 0.1) is 0 Å². The Morgan fingerprint density at radius 3 is 2.68 bits per heavy atom. The van der Waals surface area contributed by atoms with E-state index >= 15 is 0 Å². The summed E-state index contributed by atoms with van der Waals surface area (Å²) in [6, 6.07) is 4.12. The predicted molar refractivity (Wildman–Crippen MR) is 78.0 cm³/mol. The van der Waals surface area contributed by atoms with Crippen molar-refractivity contribution >= 4 is 29.2 Å². The molecule has 0 atom stereocenters. The number of aromatic carboxylic acids is 1. The standard InChI is InChI=1S/C14H15N3O5/c1-17-12(18)6-5-10(16-17)13(19)15-9-4-3-8(14(20)21)7-11(9)22-2/h3-4,7H,5-6H2,1-2H3,(H,15,19)(H,20,21). The highest BCUT2D eigenvalue weighted by Crippen LogP contribution is 2.26. The minimum absolute atomic E-state index is 0.0511. The van der Waals surface area contributed by atoms with E-state index in [-0.39, 0.29) is 35.8 Å². The molecule has 1 aromatic rings. The molecule has 0 bridgehead atoms. The molecule has 2 N–H and O–H groups in total. The number of rotatable bonds is 4. The summed E-state index contributed by atoms with van der Waals surface area (Å²) in [6.45, 7) is 0. The average Bonchev–Trinajstić information content (AvgIpc) is 2.50. The van der Waals surface area contributed by atoms with Crippen molar-refractivity contribution in [1.82, 2.24) is 5.01 Å². The maximum absolute atomic E-state index is 12.2. The number of carboxylic acid groups (broad SMARTS) is 1. The Bertz CT molecular complexity index is 668. The number of hydrogen-bond acceptors (Lipinski definition) is 5. The van der Waals surface area contributed by atoms with Crippen LogP contribution in [0.1, 0.15) is 23.2 Å². The highest BCUT2D eigenvalue weighted by Gasteiger charge is 2.22. The van der Waals surface area contributed by atoms with Crippen molar-refractivity contribution < 1.29 is 24.2 Å². The van der Waals surface area contributed by atoms with E-state index in [4.69, 9.17) is 9.84 Å². The second-order valence-corrected chi connectivity index (χ2v) is 4.64. The zero-order chi connectivity index (χ0) is 16.3. The molecule has 1 aliphatic heterocycles. The molecule has 1 heterocycles. The Kier molecular flexibility index (Phi) is 4.40. The largest absolute Gasteiger partial charge is 0.495 e. The van der Waals surface area contributed by atoms with Gasteiger partial charge in [-0.2, -0.15) is 5.10 Å². The van der Waals surface area contributed by atoms with Crippen LogP contribution < -0.4 is 10.1 Å². The van der Waals surface area contributed by atoms with Crippen molar-refractivity contribution in [3.8, 4) is 5.75 Å². The zero-order valence-corrected chi connectivity index (χ0v) is 12.1. The molecular weight excluding hydrogens is 290 g/mol. The summed E-state index contributed by atoms with van der Waals surface area (Å²) in [6.07, 6.45) is 0.475. The Hall–Kier alpha value is -2.90. The van der Waals surface area contributed by atoms with Crippen LogP contribution in [-0.2, 0) is 9.59 Å². The lowest BCUT2D eigenvalue weighted by molar-refractivity contribution is -0.130. The highest BCUT2D eigenvalue weighted by atomic mass is 16.5. The molecule has 8 heteroatoms. The van der Waals surface area contributed by atoms with Gasteiger partial charge < -0.3 is 15.2 Å². The summed E-state index contributed by atoms with van der Waals surface area (Å²) in [5.41, 5.74) is 0.612. The maximum atomic E-state index is 12.2. The monoisotopic (exact) mass is 305 g/mol. The van der Waals surface area contributed by atoms with Crippen molar-refractivity contribution in [2.75, 3.05) is 19.5 Å². The van der Waals surface area contributed by atoms with Crippen LogP contribution in [-0.4, -0.2) is 47.8 Å². The Labute approximate surface area is 126 Å². The van der Waals surface area contributed by atoms with Gasteiger partial charge in [-0.3, -0.25) is 9.59 Å². The Balaban J connectivity index is 2.20. The fourth-order valence-corrected chi connectivity index (χ4v) is 1.95. The first-order valence-corrected chi connectivity index (χ1v) is 6.49. The second kappa shape index (κ2) is 6.25. The number of benzene rings is 1. The van der Waals surface area contributed by atoms with Crippen molar-refractivity contribution in [2.24, 2.45) is 5.10 Å². The molecule has 22 heavy (non-hydrogen) atoms. The first-order chi connectivity index (χ1) is 10.4. The van der Waals surface area contributed by atoms with Gasteiger partial charge in [0.25, 0.3) is 5.91 Å². The first-order valence-electron chi connectivity index (χ1n) is 6.49. The quantitative estimate of drug-likeness (QED) is 0.860. The predicted octanol–water partition coefficient (Wildman–Crippen LogP) is 0.940. The van der Waals surface area contributed by atoms with Gasteiger partial charge in [0.1, 0.15) is 11.5 Å². The molecule has 116 valence electrons. The number of carboxylic acids is 1. The van der Waals surface area contributed by atoms with Gasteiger partial charge in [0.15, 0.2) is 0 Å². The summed E-state index contributed by atoms with van der Waals surface area (Å²) in [7, 11) is 2.86. The number of amides is 2. The number of carbonyl (C=O) groups excluding carboxylic acids is 2. The van der Waals surface area contributed by atoms with Gasteiger partial charge in [0, 0.05) is 19.9 Å². The van der Waals surface area contributed by atoms with Gasteiger partial charge in [-0.1, -0.05) is 0 Å². The Morgan fingerprint density at radius 1 is 1.36 bits per heavy atom. The third-order valence-corrected chi connectivity index (χ3v) is 3.17. The smallest absolute Gasteiger partial charge is 0.335 e. The average molecular weight is 305 g/mol. The van der Waals surface area contributed by atoms with E-state index in [1.807, 2.05) is 0 Å². The molecule has 8 nitrogen and oxygen atoms in total. The summed E-state index contributed by atoms with van der Waals surface area (Å²) < 4.78 is 5.08. The third-order valence-electron chi connectivity index (χ3n) is 3.17. The van der Waals surface area contributed by atoms with Gasteiger partial charge in [0.2, 0.25) is 5.91 Å². The summed E-state index contributed by atoms with van der Waals surface area (Å²) >= 11 is 0. The molecule has 0 unspecified atom stereocenters. The molecule has 0 fully saturated rings. The molecular formula is C14H15N3O5. The second-order valence-electron chi connectivity index (χ2n) is 4.64. The van der Waals surface area contributed by atoms with E-state index in [0.717, 1.165) is 5.01 Å². The molecule has 0 spiro atoms. The lowest BCUT2D eigenvalue weighted by Crippen LogP contribution is -2.34. The summed E-state index contributed by atoms with van der Waals surface area (Å²) in [4.78, 5) is 34.4. The molecule has 0 radical (unpaired) electrons. The number of methoxy groups -OCH3 is 1. The number of hydrazone groups is 1. The summed E-state index contributed by atoms with van der Waals surface area (Å²) in [5.74, 6) is -1.47. The van der Waals surface area contributed by atoms with Gasteiger partial charge in [0.05, 0.1) is 18.4 Å². The minimum atomic E-state index is -1.09.